The maximum Gasteiger partial charge on any atom is 0.305 e. The van der Waals surface area contributed by atoms with Crippen molar-refractivity contribution < 1.29 is 9.53 Å². The number of esters is 1. The number of hydrogen-bond donors (Lipinski definition) is 1. The van der Waals surface area contributed by atoms with E-state index in [-0.39, 0.29) is 5.97 Å². The lowest BCUT2D eigenvalue weighted by molar-refractivity contribution is -0.140. The van der Waals surface area contributed by atoms with Crippen molar-refractivity contribution >= 4 is 40.4 Å². The summed E-state index contributed by atoms with van der Waals surface area (Å²) in [6.45, 7) is 0. The molecule has 0 aliphatic heterocycles. The van der Waals surface area contributed by atoms with Crippen LogP contribution in [0.5, 0.6) is 0 Å². The zero-order valence-electron chi connectivity index (χ0n) is 18.1. The maximum atomic E-state index is 11.4. The van der Waals surface area contributed by atoms with Crippen molar-refractivity contribution in [2.75, 3.05) is 7.11 Å². The zero-order chi connectivity index (χ0) is 21.8. The second kappa shape index (κ2) is 10.1. The van der Waals surface area contributed by atoms with Gasteiger partial charge < -0.3 is 9.30 Å². The van der Waals surface area contributed by atoms with E-state index in [9.17, 15) is 4.79 Å². The summed E-state index contributed by atoms with van der Waals surface area (Å²) in [6.07, 6.45) is 7.62. The number of aryl methyl sites for hydroxylation is 2. The zero-order valence-corrected chi connectivity index (χ0v) is 19.7. The van der Waals surface area contributed by atoms with Crippen molar-refractivity contribution in [3.63, 3.8) is 0 Å². The molecule has 0 bridgehead atoms. The highest BCUT2D eigenvalue weighted by molar-refractivity contribution is 7.97. The summed E-state index contributed by atoms with van der Waals surface area (Å²) in [7, 11) is 3.49. The van der Waals surface area contributed by atoms with Gasteiger partial charge in [-0.3, -0.25) is 9.52 Å². The maximum absolute atomic E-state index is 11.4. The van der Waals surface area contributed by atoms with E-state index in [1.54, 1.807) is 11.9 Å². The molecule has 31 heavy (non-hydrogen) atoms. The van der Waals surface area contributed by atoms with Gasteiger partial charge in [0.2, 0.25) is 0 Å². The highest BCUT2D eigenvalue weighted by Crippen LogP contribution is 2.38. The van der Waals surface area contributed by atoms with E-state index in [4.69, 9.17) is 16.3 Å². The average molecular weight is 457 g/mol. The van der Waals surface area contributed by atoms with Crippen LogP contribution in [0.4, 0.5) is 0 Å². The molecule has 3 aromatic rings. The number of carbonyl (C=O) groups excluding carboxylic acids is 1. The first-order valence-corrected chi connectivity index (χ1v) is 12.1. The predicted molar refractivity (Wildman–Crippen MR) is 130 cm³/mol. The van der Waals surface area contributed by atoms with Gasteiger partial charge in [-0.2, -0.15) is 0 Å². The Bertz CT molecular complexity index is 1060. The lowest BCUT2D eigenvalue weighted by Gasteiger charge is -2.22. The minimum absolute atomic E-state index is 0.188. The molecule has 6 heteroatoms. The second-order valence-electron chi connectivity index (χ2n) is 8.23. The van der Waals surface area contributed by atoms with Crippen molar-refractivity contribution in [3.8, 4) is 11.3 Å². The summed E-state index contributed by atoms with van der Waals surface area (Å²) in [5.74, 6) is -0.188. The van der Waals surface area contributed by atoms with Gasteiger partial charge in [0.1, 0.15) is 0 Å². The molecule has 0 unspecified atom stereocenters. The third-order valence-corrected chi connectivity index (χ3v) is 7.46. The minimum atomic E-state index is -0.188. The number of aromatic nitrogens is 1. The Kier molecular flexibility index (Phi) is 7.26. The van der Waals surface area contributed by atoms with Gasteiger partial charge in [0.05, 0.1) is 23.3 Å². The fourth-order valence-corrected chi connectivity index (χ4v) is 5.54. The van der Waals surface area contributed by atoms with Gasteiger partial charge in [0.15, 0.2) is 0 Å². The molecule has 164 valence electrons. The largest absolute Gasteiger partial charge is 0.469 e. The van der Waals surface area contributed by atoms with Crippen LogP contribution in [0.1, 0.15) is 44.1 Å². The van der Waals surface area contributed by atoms with Crippen LogP contribution in [0.25, 0.3) is 22.2 Å². The van der Waals surface area contributed by atoms with Crippen molar-refractivity contribution in [1.29, 1.82) is 0 Å². The molecule has 1 aromatic heterocycles. The molecule has 0 saturated heterocycles. The van der Waals surface area contributed by atoms with Gasteiger partial charge in [-0.1, -0.05) is 61.2 Å². The second-order valence-corrected chi connectivity index (χ2v) is 9.52. The summed E-state index contributed by atoms with van der Waals surface area (Å²) < 4.78 is 10.5. The molecule has 4 rings (SSSR count). The molecule has 0 spiro atoms. The quantitative estimate of drug-likeness (QED) is 0.324. The van der Waals surface area contributed by atoms with Gasteiger partial charge in [0.25, 0.3) is 0 Å². The molecule has 0 radical (unpaired) electrons. The first-order chi connectivity index (χ1) is 15.1. The Morgan fingerprint density at radius 2 is 1.90 bits per heavy atom. The van der Waals surface area contributed by atoms with Crippen molar-refractivity contribution in [2.45, 2.75) is 55.9 Å². The molecule has 0 amide bonds. The van der Waals surface area contributed by atoms with Crippen LogP contribution in [-0.2, 0) is 23.0 Å². The lowest BCUT2D eigenvalue weighted by atomic mass is 9.96. The van der Waals surface area contributed by atoms with Crippen LogP contribution in [0.3, 0.4) is 0 Å². The standard InChI is InChI=1S/C25H29ClN2O2S/c1-28-22-16-20(31-27-19-6-4-3-5-7-19)13-14-21(22)24(26)25(28)18-11-8-17(9-12-18)10-15-23(29)30-2/h8-9,11-14,16,19,27H,3-7,10,15H2,1-2H3. The van der Waals surface area contributed by atoms with Gasteiger partial charge in [-0.25, -0.2) is 0 Å². The fourth-order valence-electron chi connectivity index (χ4n) is 4.30. The summed E-state index contributed by atoms with van der Waals surface area (Å²) >= 11 is 8.53. The smallest absolute Gasteiger partial charge is 0.305 e. The monoisotopic (exact) mass is 456 g/mol. The highest BCUT2D eigenvalue weighted by atomic mass is 35.5. The topological polar surface area (TPSA) is 43.3 Å². The molecule has 1 N–H and O–H groups in total. The van der Waals surface area contributed by atoms with Crippen molar-refractivity contribution in [2.24, 2.45) is 7.05 Å². The van der Waals surface area contributed by atoms with Crippen LogP contribution in [0.15, 0.2) is 47.4 Å². The molecule has 2 aromatic carbocycles. The van der Waals surface area contributed by atoms with Gasteiger partial charge in [-0.05, 0) is 54.5 Å². The van der Waals surface area contributed by atoms with E-state index in [0.29, 0.717) is 18.9 Å². The molecule has 1 aliphatic carbocycles. The van der Waals surface area contributed by atoms with Crippen LogP contribution < -0.4 is 4.72 Å². The summed E-state index contributed by atoms with van der Waals surface area (Å²) in [6, 6.07) is 15.4. The Hall–Kier alpha value is -1.95. The number of halogens is 1. The van der Waals surface area contributed by atoms with Gasteiger partial charge >= 0.3 is 5.97 Å². The summed E-state index contributed by atoms with van der Waals surface area (Å²) in [5, 5.41) is 1.84. The fraction of sp³-hybridized carbons (Fsp3) is 0.400. The third kappa shape index (κ3) is 5.11. The molecular formula is C25H29ClN2O2S. The van der Waals surface area contributed by atoms with Gasteiger partial charge in [-0.15, -0.1) is 0 Å². The molecule has 0 atom stereocenters. The summed E-state index contributed by atoms with van der Waals surface area (Å²) in [5.41, 5.74) is 4.32. The Balaban J connectivity index is 1.53. The van der Waals surface area contributed by atoms with Crippen LogP contribution in [0, 0.1) is 0 Å². The van der Waals surface area contributed by atoms with Crippen LogP contribution in [-0.4, -0.2) is 23.7 Å². The number of carbonyl (C=O) groups is 1. The average Bonchev–Trinajstić information content (AvgIpc) is 3.06. The van der Waals surface area contributed by atoms with E-state index >= 15 is 0 Å². The molecular weight excluding hydrogens is 428 g/mol. The first-order valence-electron chi connectivity index (χ1n) is 10.9. The number of nitrogens with one attached hydrogen (secondary N) is 1. The normalized spacial score (nSPS) is 14.8. The lowest BCUT2D eigenvalue weighted by Crippen LogP contribution is -2.25. The SMILES string of the molecule is COC(=O)CCc1ccc(-c2c(Cl)c3ccc(SNC4CCCCC4)cc3n2C)cc1. The Morgan fingerprint density at radius 3 is 2.61 bits per heavy atom. The van der Waals surface area contributed by atoms with E-state index in [0.717, 1.165) is 32.7 Å². The number of nitrogens with zero attached hydrogens (tertiary/aromatic N) is 1. The summed E-state index contributed by atoms with van der Waals surface area (Å²) in [4.78, 5) is 12.6. The number of hydrogen-bond acceptors (Lipinski definition) is 4. The van der Waals surface area contributed by atoms with E-state index in [1.165, 1.54) is 44.1 Å². The van der Waals surface area contributed by atoms with Crippen LogP contribution in [0.2, 0.25) is 5.02 Å². The predicted octanol–water partition coefficient (Wildman–Crippen LogP) is 6.53. The molecule has 1 saturated carbocycles. The first kappa shape index (κ1) is 22.3. The van der Waals surface area contributed by atoms with Gasteiger partial charge in [0, 0.05) is 29.8 Å². The number of ether oxygens (including phenoxy) is 1. The van der Waals surface area contributed by atoms with E-state index < -0.39 is 0 Å². The Morgan fingerprint density at radius 1 is 1.16 bits per heavy atom. The number of methoxy groups -OCH3 is 1. The molecule has 1 aliphatic rings. The number of benzene rings is 2. The van der Waals surface area contributed by atoms with Crippen LogP contribution >= 0.6 is 23.5 Å². The number of fused-ring (bicyclic) bond motifs is 1. The van der Waals surface area contributed by atoms with E-state index in [2.05, 4.69) is 58.8 Å². The molecule has 1 heterocycles. The van der Waals surface area contributed by atoms with Crippen molar-refractivity contribution in [1.82, 2.24) is 9.29 Å². The minimum Gasteiger partial charge on any atom is -0.469 e. The number of rotatable bonds is 7. The molecule has 4 nitrogen and oxygen atoms in total. The Labute approximate surface area is 193 Å². The third-order valence-electron chi connectivity index (χ3n) is 6.13. The molecule has 1 fully saturated rings. The highest BCUT2D eigenvalue weighted by Gasteiger charge is 2.17. The van der Waals surface area contributed by atoms with E-state index in [1.807, 2.05) is 0 Å². The van der Waals surface area contributed by atoms with Crippen molar-refractivity contribution in [3.05, 3.63) is 53.1 Å².